The van der Waals surface area contributed by atoms with E-state index in [2.05, 4.69) is 10.3 Å². The van der Waals surface area contributed by atoms with Crippen LogP contribution in [0.15, 0.2) is 18.2 Å². The standard InChI is InChI=1S/C15H16ClFN2O2/c1-8(20)21-14-4-5-18-13(14)7-11-10-3-2-9(17)6-12(10)19-15(11)16/h2-3,6,13-14,18-19H,4-5,7H2,1H3/t13-,14+/m1/s1. The number of rotatable bonds is 3. The van der Waals surface area contributed by atoms with Crippen LogP contribution in [-0.2, 0) is 16.0 Å². The minimum Gasteiger partial charge on any atom is -0.461 e. The molecule has 3 rings (SSSR count). The van der Waals surface area contributed by atoms with E-state index in [0.717, 1.165) is 23.9 Å². The Kier molecular flexibility index (Phi) is 3.87. The number of carbonyl (C=O) groups excluding carboxylic acids is 1. The molecule has 0 aliphatic carbocycles. The van der Waals surface area contributed by atoms with Crippen molar-refractivity contribution in [3.8, 4) is 0 Å². The Bertz CT molecular complexity index is 686. The van der Waals surface area contributed by atoms with Gasteiger partial charge in [-0.2, -0.15) is 0 Å². The number of halogens is 2. The SMILES string of the molecule is CC(=O)O[C@H]1CCN[C@@H]1Cc1c(Cl)[nH]c2cc(F)ccc12. The van der Waals surface area contributed by atoms with Gasteiger partial charge >= 0.3 is 5.97 Å². The molecule has 0 spiro atoms. The summed E-state index contributed by atoms with van der Waals surface area (Å²) in [7, 11) is 0. The third kappa shape index (κ3) is 2.89. The zero-order chi connectivity index (χ0) is 15.0. The van der Waals surface area contributed by atoms with Gasteiger partial charge in [0.15, 0.2) is 0 Å². The number of nitrogens with one attached hydrogen (secondary N) is 2. The fraction of sp³-hybridized carbons (Fsp3) is 0.400. The third-order valence-electron chi connectivity index (χ3n) is 3.84. The van der Waals surface area contributed by atoms with Gasteiger partial charge in [-0.3, -0.25) is 4.79 Å². The van der Waals surface area contributed by atoms with Gasteiger partial charge in [-0.15, -0.1) is 0 Å². The number of hydrogen-bond acceptors (Lipinski definition) is 3. The van der Waals surface area contributed by atoms with Gasteiger partial charge in [0.05, 0.1) is 0 Å². The number of hydrogen-bond donors (Lipinski definition) is 2. The Labute approximate surface area is 126 Å². The molecule has 6 heteroatoms. The third-order valence-corrected chi connectivity index (χ3v) is 4.16. The molecule has 1 aliphatic heterocycles. The molecule has 0 amide bonds. The molecule has 0 bridgehead atoms. The van der Waals surface area contributed by atoms with Gasteiger partial charge in [0.25, 0.3) is 0 Å². The number of esters is 1. The number of aromatic nitrogens is 1. The topological polar surface area (TPSA) is 54.1 Å². The number of aromatic amines is 1. The van der Waals surface area contributed by atoms with Gasteiger partial charge in [-0.1, -0.05) is 11.6 Å². The zero-order valence-electron chi connectivity index (χ0n) is 11.6. The Morgan fingerprint density at radius 3 is 3.10 bits per heavy atom. The van der Waals surface area contributed by atoms with Crippen molar-refractivity contribution in [2.45, 2.75) is 31.9 Å². The average Bonchev–Trinajstić information content (AvgIpc) is 2.95. The molecule has 1 saturated heterocycles. The summed E-state index contributed by atoms with van der Waals surface area (Å²) < 4.78 is 18.6. The average molecular weight is 311 g/mol. The van der Waals surface area contributed by atoms with E-state index in [1.54, 1.807) is 6.07 Å². The van der Waals surface area contributed by atoms with Crippen molar-refractivity contribution in [2.75, 3.05) is 6.54 Å². The maximum Gasteiger partial charge on any atom is 0.302 e. The first-order chi connectivity index (χ1) is 10.0. The first-order valence-electron chi connectivity index (χ1n) is 6.91. The highest BCUT2D eigenvalue weighted by molar-refractivity contribution is 6.31. The first kappa shape index (κ1) is 14.4. The predicted molar refractivity (Wildman–Crippen MR) is 78.9 cm³/mol. The van der Waals surface area contributed by atoms with Crippen LogP contribution in [-0.4, -0.2) is 29.6 Å². The van der Waals surface area contributed by atoms with Crippen molar-refractivity contribution in [3.63, 3.8) is 0 Å². The number of ether oxygens (including phenoxy) is 1. The zero-order valence-corrected chi connectivity index (χ0v) is 12.3. The summed E-state index contributed by atoms with van der Waals surface area (Å²) in [6.07, 6.45) is 1.27. The maximum atomic E-state index is 13.3. The lowest BCUT2D eigenvalue weighted by atomic mass is 10.0. The minimum absolute atomic E-state index is 0.0236. The van der Waals surface area contributed by atoms with Crippen LogP contribution in [0.3, 0.4) is 0 Å². The molecular weight excluding hydrogens is 295 g/mol. The van der Waals surface area contributed by atoms with Crippen LogP contribution < -0.4 is 5.32 Å². The number of fused-ring (bicyclic) bond motifs is 1. The summed E-state index contributed by atoms with van der Waals surface area (Å²) in [4.78, 5) is 14.1. The molecule has 2 N–H and O–H groups in total. The van der Waals surface area contributed by atoms with Gasteiger partial charge in [0, 0.05) is 23.9 Å². The van der Waals surface area contributed by atoms with Crippen LogP contribution in [0.1, 0.15) is 18.9 Å². The fourth-order valence-corrected chi connectivity index (χ4v) is 3.20. The Balaban J connectivity index is 1.87. The first-order valence-corrected chi connectivity index (χ1v) is 7.28. The quantitative estimate of drug-likeness (QED) is 0.857. The van der Waals surface area contributed by atoms with E-state index in [-0.39, 0.29) is 23.9 Å². The molecule has 1 aromatic carbocycles. The second-order valence-electron chi connectivity index (χ2n) is 5.31. The van der Waals surface area contributed by atoms with E-state index < -0.39 is 0 Å². The van der Waals surface area contributed by atoms with Crippen molar-refractivity contribution >= 4 is 28.5 Å². The van der Waals surface area contributed by atoms with Crippen molar-refractivity contribution in [3.05, 3.63) is 34.7 Å². The Hall–Kier alpha value is -1.59. The molecule has 0 unspecified atom stereocenters. The van der Waals surface area contributed by atoms with Crippen LogP contribution in [0.5, 0.6) is 0 Å². The lowest BCUT2D eigenvalue weighted by Crippen LogP contribution is -2.35. The largest absolute Gasteiger partial charge is 0.461 e. The summed E-state index contributed by atoms with van der Waals surface area (Å²) in [5.74, 6) is -0.579. The van der Waals surface area contributed by atoms with Crippen LogP contribution in [0.25, 0.3) is 10.9 Å². The van der Waals surface area contributed by atoms with Crippen LogP contribution >= 0.6 is 11.6 Å². The van der Waals surface area contributed by atoms with Crippen molar-refractivity contribution in [2.24, 2.45) is 0 Å². The summed E-state index contributed by atoms with van der Waals surface area (Å²) in [6, 6.07) is 4.59. The molecule has 2 atom stereocenters. The Morgan fingerprint density at radius 2 is 2.33 bits per heavy atom. The molecule has 1 aromatic heterocycles. The van der Waals surface area contributed by atoms with Crippen molar-refractivity contribution < 1.29 is 13.9 Å². The molecule has 0 saturated carbocycles. The smallest absolute Gasteiger partial charge is 0.302 e. The van der Waals surface area contributed by atoms with Crippen molar-refractivity contribution in [1.82, 2.24) is 10.3 Å². The van der Waals surface area contributed by atoms with E-state index in [4.69, 9.17) is 16.3 Å². The van der Waals surface area contributed by atoms with Crippen LogP contribution in [0.2, 0.25) is 5.15 Å². The highest BCUT2D eigenvalue weighted by Gasteiger charge is 2.30. The molecule has 0 radical (unpaired) electrons. The summed E-state index contributed by atoms with van der Waals surface area (Å²) in [5.41, 5.74) is 1.60. The molecule has 2 heterocycles. The highest BCUT2D eigenvalue weighted by atomic mass is 35.5. The minimum atomic E-state index is -0.302. The summed E-state index contributed by atoms with van der Waals surface area (Å²) in [5, 5.41) is 4.73. The summed E-state index contributed by atoms with van der Waals surface area (Å²) >= 11 is 6.24. The van der Waals surface area contributed by atoms with Crippen molar-refractivity contribution in [1.29, 1.82) is 0 Å². The Morgan fingerprint density at radius 1 is 1.52 bits per heavy atom. The molecule has 2 aromatic rings. The normalized spacial score (nSPS) is 21.9. The van der Waals surface area contributed by atoms with Gasteiger partial charge in [0.1, 0.15) is 17.1 Å². The van der Waals surface area contributed by atoms with E-state index in [9.17, 15) is 9.18 Å². The van der Waals surface area contributed by atoms with Gasteiger partial charge < -0.3 is 15.0 Å². The lowest BCUT2D eigenvalue weighted by molar-refractivity contribution is -0.146. The molecule has 112 valence electrons. The van der Waals surface area contributed by atoms with E-state index in [1.165, 1.54) is 19.1 Å². The number of benzene rings is 1. The van der Waals surface area contributed by atoms with E-state index in [0.29, 0.717) is 17.1 Å². The predicted octanol–water partition coefficient (Wildman–Crippen LogP) is 2.80. The molecule has 21 heavy (non-hydrogen) atoms. The molecular formula is C15H16ClFN2O2. The monoisotopic (exact) mass is 310 g/mol. The second kappa shape index (κ2) is 5.66. The second-order valence-corrected chi connectivity index (χ2v) is 5.69. The highest BCUT2D eigenvalue weighted by Crippen LogP contribution is 2.29. The van der Waals surface area contributed by atoms with Crippen LogP contribution in [0.4, 0.5) is 4.39 Å². The van der Waals surface area contributed by atoms with Gasteiger partial charge in [-0.25, -0.2) is 4.39 Å². The van der Waals surface area contributed by atoms with Crippen LogP contribution in [0, 0.1) is 5.82 Å². The maximum absolute atomic E-state index is 13.3. The fourth-order valence-electron chi connectivity index (χ4n) is 2.92. The molecule has 1 fully saturated rings. The van der Waals surface area contributed by atoms with E-state index >= 15 is 0 Å². The van der Waals surface area contributed by atoms with Gasteiger partial charge in [0.2, 0.25) is 0 Å². The molecule has 4 nitrogen and oxygen atoms in total. The number of H-pyrrole nitrogens is 1. The van der Waals surface area contributed by atoms with E-state index in [1.807, 2.05) is 0 Å². The van der Waals surface area contributed by atoms with Gasteiger partial charge in [-0.05, 0) is 43.1 Å². The number of carbonyl (C=O) groups is 1. The molecule has 1 aliphatic rings. The summed E-state index contributed by atoms with van der Waals surface area (Å²) in [6.45, 7) is 2.22. The lowest BCUT2D eigenvalue weighted by Gasteiger charge is -2.19.